The van der Waals surface area contributed by atoms with Crippen LogP contribution in [0.5, 0.6) is 0 Å². The number of nitrogens with one attached hydrogen (secondary N) is 1. The van der Waals surface area contributed by atoms with Crippen molar-refractivity contribution in [1.82, 2.24) is 19.4 Å². The van der Waals surface area contributed by atoms with Crippen LogP contribution in [0.1, 0.15) is 6.42 Å². The van der Waals surface area contributed by atoms with Crippen LogP contribution in [0.2, 0.25) is 10.0 Å². The summed E-state index contributed by atoms with van der Waals surface area (Å²) in [5, 5.41) is 4.80. The minimum absolute atomic E-state index is 0.232. The van der Waals surface area contributed by atoms with Gasteiger partial charge in [-0.1, -0.05) is 29.3 Å². The van der Waals surface area contributed by atoms with Crippen LogP contribution in [0.15, 0.2) is 59.5 Å². The average molecular weight is 509 g/mol. The Kier molecular flexibility index (Phi) is 6.65. The zero-order valence-corrected chi connectivity index (χ0v) is 21.1. The van der Waals surface area contributed by atoms with E-state index in [2.05, 4.69) is 44.3 Å². The van der Waals surface area contributed by atoms with Gasteiger partial charge in [0.2, 0.25) is 5.95 Å². The molecule has 180 valence electrons. The molecule has 1 N–H and O–H groups in total. The molecule has 35 heavy (non-hydrogen) atoms. The molecule has 0 radical (unpaired) electrons. The zero-order valence-electron chi connectivity index (χ0n) is 19.6. The van der Waals surface area contributed by atoms with Crippen molar-refractivity contribution in [3.05, 3.63) is 75.1 Å². The Labute approximate surface area is 213 Å². The third kappa shape index (κ3) is 4.85. The van der Waals surface area contributed by atoms with Crippen molar-refractivity contribution in [1.29, 1.82) is 0 Å². The van der Waals surface area contributed by atoms with Crippen LogP contribution in [0.25, 0.3) is 22.2 Å². The van der Waals surface area contributed by atoms with Crippen LogP contribution >= 0.6 is 23.2 Å². The summed E-state index contributed by atoms with van der Waals surface area (Å²) in [5.74, 6) is 0.417. The van der Waals surface area contributed by atoms with E-state index in [1.54, 1.807) is 37.5 Å². The highest BCUT2D eigenvalue weighted by Gasteiger charge is 2.16. The summed E-state index contributed by atoms with van der Waals surface area (Å²) < 4.78 is 1.50. The lowest BCUT2D eigenvalue weighted by Gasteiger charge is -2.23. The number of likely N-dealkylation sites (N-methyl/N-ethyl adjacent to an activating group) is 1. The van der Waals surface area contributed by atoms with E-state index in [0.29, 0.717) is 38.2 Å². The molecule has 0 aliphatic carbocycles. The first-order valence-electron chi connectivity index (χ1n) is 11.5. The van der Waals surface area contributed by atoms with Crippen LogP contribution in [-0.2, 0) is 7.05 Å². The molecule has 4 aromatic rings. The van der Waals surface area contributed by atoms with Gasteiger partial charge in [-0.2, -0.15) is 4.98 Å². The Bertz CT molecular complexity index is 1420. The molecule has 0 amide bonds. The molecule has 3 heterocycles. The molecular weight excluding hydrogens is 483 g/mol. The van der Waals surface area contributed by atoms with E-state index < -0.39 is 0 Å². The molecule has 2 aromatic heterocycles. The molecule has 0 unspecified atom stereocenters. The first-order chi connectivity index (χ1) is 16.9. The number of hydrogen-bond acceptors (Lipinski definition) is 6. The van der Waals surface area contributed by atoms with Gasteiger partial charge in [0.25, 0.3) is 5.56 Å². The molecule has 5 rings (SSSR count). The first-order valence-corrected chi connectivity index (χ1v) is 12.3. The number of nitrogens with zero attached hydrogens (tertiary/aromatic N) is 5. The maximum absolute atomic E-state index is 13.1. The maximum Gasteiger partial charge on any atom is 0.259 e. The summed E-state index contributed by atoms with van der Waals surface area (Å²) in [6.45, 7) is 4.27. The molecule has 1 fully saturated rings. The van der Waals surface area contributed by atoms with Crippen LogP contribution in [0.3, 0.4) is 0 Å². The standard InChI is InChI=1S/C26H26Cl2N6O/c1-32-11-4-12-34(14-13-32)19-9-7-18(8-10-19)30-26-29-16-17-15-20(25(35)33(2)24(17)31-26)23-21(27)5-3-6-22(23)28/h3,5-10,15-16H,4,11-14H2,1-2H3,(H,29,30,31). The van der Waals surface area contributed by atoms with E-state index in [-0.39, 0.29) is 5.56 Å². The normalized spacial score (nSPS) is 14.8. The first kappa shape index (κ1) is 23.6. The van der Waals surface area contributed by atoms with Crippen LogP contribution in [-0.4, -0.2) is 52.7 Å². The van der Waals surface area contributed by atoms with Crippen LogP contribution in [0, 0.1) is 0 Å². The number of fused-ring (bicyclic) bond motifs is 1. The van der Waals surface area contributed by atoms with E-state index >= 15 is 0 Å². The lowest BCUT2D eigenvalue weighted by Crippen LogP contribution is -2.28. The SMILES string of the molecule is CN1CCCN(c2ccc(Nc3ncc4cc(-c5c(Cl)cccc5Cl)c(=O)n(C)c4n3)cc2)CC1. The summed E-state index contributed by atoms with van der Waals surface area (Å²) in [4.78, 5) is 27.0. The molecule has 0 bridgehead atoms. The topological polar surface area (TPSA) is 66.3 Å². The Morgan fingerprint density at radius 3 is 2.43 bits per heavy atom. The predicted molar refractivity (Wildman–Crippen MR) is 144 cm³/mol. The molecular formula is C26H26Cl2N6O. The highest BCUT2D eigenvalue weighted by atomic mass is 35.5. The van der Waals surface area contributed by atoms with Crippen LogP contribution < -0.4 is 15.8 Å². The highest BCUT2D eigenvalue weighted by Crippen LogP contribution is 2.33. The van der Waals surface area contributed by atoms with Crippen molar-refractivity contribution < 1.29 is 0 Å². The monoisotopic (exact) mass is 508 g/mol. The molecule has 7 nitrogen and oxygen atoms in total. The van der Waals surface area contributed by atoms with Crippen molar-refractivity contribution in [2.24, 2.45) is 7.05 Å². The van der Waals surface area contributed by atoms with Gasteiger partial charge in [0, 0.05) is 55.2 Å². The molecule has 0 spiro atoms. The lowest BCUT2D eigenvalue weighted by molar-refractivity contribution is 0.360. The largest absolute Gasteiger partial charge is 0.370 e. The van der Waals surface area contributed by atoms with Crippen LogP contribution in [0.4, 0.5) is 17.3 Å². The molecule has 0 saturated carbocycles. The number of pyridine rings is 1. The average Bonchev–Trinajstić information content (AvgIpc) is 3.07. The Balaban J connectivity index is 1.41. The van der Waals surface area contributed by atoms with E-state index in [1.165, 1.54) is 10.3 Å². The van der Waals surface area contributed by atoms with Crippen molar-refractivity contribution in [3.8, 4) is 11.1 Å². The number of rotatable bonds is 4. The van der Waals surface area contributed by atoms with Gasteiger partial charge in [-0.15, -0.1) is 0 Å². The maximum atomic E-state index is 13.1. The van der Waals surface area contributed by atoms with Gasteiger partial charge in [-0.3, -0.25) is 9.36 Å². The second-order valence-electron chi connectivity index (χ2n) is 8.81. The summed E-state index contributed by atoms with van der Waals surface area (Å²) in [6.07, 6.45) is 2.85. The Morgan fingerprint density at radius 2 is 1.69 bits per heavy atom. The van der Waals surface area contributed by atoms with Gasteiger partial charge < -0.3 is 15.1 Å². The predicted octanol–water partition coefficient (Wildman–Crippen LogP) is 5.19. The van der Waals surface area contributed by atoms with Crippen molar-refractivity contribution in [2.75, 3.05) is 43.4 Å². The molecule has 1 aliphatic rings. The van der Waals surface area contributed by atoms with E-state index in [9.17, 15) is 4.79 Å². The fraction of sp³-hybridized carbons (Fsp3) is 0.269. The van der Waals surface area contributed by atoms with Crippen molar-refractivity contribution in [2.45, 2.75) is 6.42 Å². The molecule has 2 aromatic carbocycles. The number of aromatic nitrogens is 3. The fourth-order valence-electron chi connectivity index (χ4n) is 4.43. The van der Waals surface area contributed by atoms with Crippen molar-refractivity contribution >= 4 is 51.6 Å². The fourth-order valence-corrected chi connectivity index (χ4v) is 5.03. The van der Waals surface area contributed by atoms with Gasteiger partial charge in [-0.25, -0.2) is 4.98 Å². The van der Waals surface area contributed by atoms with Gasteiger partial charge in [0.05, 0.1) is 15.6 Å². The number of halogens is 2. The van der Waals surface area contributed by atoms with E-state index in [0.717, 1.165) is 38.3 Å². The minimum Gasteiger partial charge on any atom is -0.370 e. The van der Waals surface area contributed by atoms with Gasteiger partial charge >= 0.3 is 0 Å². The highest BCUT2D eigenvalue weighted by molar-refractivity contribution is 6.39. The Hall–Kier alpha value is -3.13. The molecule has 1 aliphatic heterocycles. The summed E-state index contributed by atoms with van der Waals surface area (Å²) in [6, 6.07) is 15.2. The smallest absolute Gasteiger partial charge is 0.259 e. The third-order valence-corrected chi connectivity index (χ3v) is 7.02. The molecule has 1 saturated heterocycles. The quantitative estimate of drug-likeness (QED) is 0.409. The summed E-state index contributed by atoms with van der Waals surface area (Å²) in [5.41, 5.74) is 3.30. The van der Waals surface area contributed by atoms with Gasteiger partial charge in [0.15, 0.2) is 0 Å². The number of aryl methyl sites for hydroxylation is 1. The summed E-state index contributed by atoms with van der Waals surface area (Å²) in [7, 11) is 3.85. The zero-order chi connectivity index (χ0) is 24.5. The number of anilines is 3. The lowest BCUT2D eigenvalue weighted by atomic mass is 10.1. The number of benzene rings is 2. The third-order valence-electron chi connectivity index (χ3n) is 6.39. The summed E-state index contributed by atoms with van der Waals surface area (Å²) >= 11 is 12.7. The Morgan fingerprint density at radius 1 is 0.943 bits per heavy atom. The second kappa shape index (κ2) is 9.85. The molecule has 0 atom stereocenters. The van der Waals surface area contributed by atoms with Crippen molar-refractivity contribution in [3.63, 3.8) is 0 Å². The minimum atomic E-state index is -0.232. The number of hydrogen-bond donors (Lipinski definition) is 1. The van der Waals surface area contributed by atoms with Gasteiger partial charge in [-0.05, 0) is 62.5 Å². The van der Waals surface area contributed by atoms with E-state index in [4.69, 9.17) is 23.2 Å². The molecule has 9 heteroatoms. The van der Waals surface area contributed by atoms with Gasteiger partial charge in [0.1, 0.15) is 5.65 Å². The second-order valence-corrected chi connectivity index (χ2v) is 9.62. The van der Waals surface area contributed by atoms with E-state index in [1.807, 2.05) is 12.1 Å².